The molecular weight excluding hydrogens is 376 g/mol. The average molecular weight is 403 g/mol. The molecule has 6 nitrogen and oxygen atoms in total. The van der Waals surface area contributed by atoms with Gasteiger partial charge in [0.05, 0.1) is 6.54 Å². The second kappa shape index (κ2) is 8.98. The number of fused-ring (bicyclic) bond motifs is 1. The highest BCUT2D eigenvalue weighted by atomic mass is 19.1. The van der Waals surface area contributed by atoms with Crippen LogP contribution in [0.25, 0.3) is 0 Å². The average Bonchev–Trinajstić information content (AvgIpc) is 2.94. The first kappa shape index (κ1) is 19.9. The van der Waals surface area contributed by atoms with E-state index in [4.69, 9.17) is 0 Å². The summed E-state index contributed by atoms with van der Waals surface area (Å²) in [6, 6.07) is 3.29. The summed E-state index contributed by atoms with van der Waals surface area (Å²) in [5.41, 5.74) is 0.415. The smallest absolute Gasteiger partial charge is 0.234 e. The van der Waals surface area contributed by atoms with Gasteiger partial charge in [0, 0.05) is 38.0 Å². The van der Waals surface area contributed by atoms with Crippen molar-refractivity contribution in [2.75, 3.05) is 19.6 Å². The minimum Gasteiger partial charge on any atom is -0.351 e. The maximum atomic E-state index is 13.3. The number of hydrogen-bond donors (Lipinski definition) is 1. The lowest BCUT2D eigenvalue weighted by Crippen LogP contribution is -2.42. The van der Waals surface area contributed by atoms with Gasteiger partial charge in [-0.25, -0.2) is 8.78 Å². The van der Waals surface area contributed by atoms with Crippen molar-refractivity contribution < 1.29 is 13.6 Å². The van der Waals surface area contributed by atoms with E-state index in [2.05, 4.69) is 25.0 Å². The summed E-state index contributed by atoms with van der Waals surface area (Å²) in [7, 11) is 0. The summed E-state index contributed by atoms with van der Waals surface area (Å²) in [5, 5.41) is 11.7. The highest BCUT2D eigenvalue weighted by Crippen LogP contribution is 2.27. The Kier molecular flexibility index (Phi) is 6.18. The Morgan fingerprint density at radius 1 is 1.07 bits per heavy atom. The Hall–Kier alpha value is -2.35. The molecule has 2 aliphatic heterocycles. The van der Waals surface area contributed by atoms with Crippen LogP contribution in [0, 0.1) is 11.6 Å². The van der Waals surface area contributed by atoms with Crippen molar-refractivity contribution in [3.05, 3.63) is 47.0 Å². The maximum Gasteiger partial charge on any atom is 0.234 e. The molecule has 1 atom stereocenters. The molecule has 156 valence electrons. The molecule has 29 heavy (non-hydrogen) atoms. The van der Waals surface area contributed by atoms with E-state index in [0.717, 1.165) is 63.0 Å². The fraction of sp³-hybridized carbons (Fsp3) is 0.571. The van der Waals surface area contributed by atoms with E-state index in [-0.39, 0.29) is 24.9 Å². The van der Waals surface area contributed by atoms with Crippen LogP contribution in [-0.4, -0.2) is 45.2 Å². The van der Waals surface area contributed by atoms with Gasteiger partial charge in [0.1, 0.15) is 23.3 Å². The van der Waals surface area contributed by atoms with Gasteiger partial charge in [0.15, 0.2) is 0 Å². The van der Waals surface area contributed by atoms with E-state index < -0.39 is 11.6 Å². The minimum absolute atomic E-state index is 0.114. The molecule has 1 unspecified atom stereocenters. The molecule has 0 spiro atoms. The number of nitrogens with one attached hydrogen (secondary N) is 1. The normalized spacial score (nSPS) is 20.1. The second-order valence-corrected chi connectivity index (χ2v) is 8.07. The van der Waals surface area contributed by atoms with E-state index in [1.54, 1.807) is 0 Å². The third-order valence-electron chi connectivity index (χ3n) is 5.79. The standard InChI is InChI=1S/C21H27F2N5O/c22-17-9-15(10-18(23)11-17)12-24-20(29)14-27-7-4-5-16(13-27)21-26-25-19-6-2-1-3-8-28(19)21/h9-11,16H,1-8,12-14H2,(H,24,29). The van der Waals surface area contributed by atoms with Crippen LogP contribution in [0.2, 0.25) is 0 Å². The predicted octanol–water partition coefficient (Wildman–Crippen LogP) is 2.78. The summed E-state index contributed by atoms with van der Waals surface area (Å²) in [4.78, 5) is 14.5. The molecule has 3 heterocycles. The van der Waals surface area contributed by atoms with Gasteiger partial charge in [-0.15, -0.1) is 10.2 Å². The number of hydrogen-bond acceptors (Lipinski definition) is 4. The van der Waals surface area contributed by atoms with Crippen molar-refractivity contribution in [2.45, 2.75) is 57.5 Å². The number of rotatable bonds is 5. The Labute approximate surface area is 169 Å². The number of nitrogens with zero attached hydrogens (tertiary/aromatic N) is 4. The van der Waals surface area contributed by atoms with E-state index in [1.807, 2.05) is 0 Å². The number of aromatic nitrogens is 3. The van der Waals surface area contributed by atoms with Crippen molar-refractivity contribution in [3.63, 3.8) is 0 Å². The van der Waals surface area contributed by atoms with Crippen LogP contribution in [0.3, 0.4) is 0 Å². The lowest BCUT2D eigenvalue weighted by Gasteiger charge is -2.31. The number of piperidine rings is 1. The number of likely N-dealkylation sites (tertiary alicyclic amines) is 1. The molecule has 8 heteroatoms. The third-order valence-corrected chi connectivity index (χ3v) is 5.79. The quantitative estimate of drug-likeness (QED) is 0.834. The number of amides is 1. The summed E-state index contributed by atoms with van der Waals surface area (Å²) < 4.78 is 28.8. The molecule has 1 aromatic carbocycles. The minimum atomic E-state index is -0.638. The van der Waals surface area contributed by atoms with Crippen molar-refractivity contribution >= 4 is 5.91 Å². The number of halogens is 2. The highest BCUT2D eigenvalue weighted by Gasteiger charge is 2.28. The van der Waals surface area contributed by atoms with Crippen LogP contribution in [-0.2, 0) is 24.3 Å². The largest absolute Gasteiger partial charge is 0.351 e. The topological polar surface area (TPSA) is 63.1 Å². The Bertz CT molecular complexity index is 849. The fourth-order valence-corrected chi connectivity index (χ4v) is 4.39. The number of aryl methyl sites for hydroxylation is 1. The van der Waals surface area contributed by atoms with E-state index in [1.165, 1.54) is 25.0 Å². The van der Waals surface area contributed by atoms with E-state index in [9.17, 15) is 13.6 Å². The zero-order chi connectivity index (χ0) is 20.2. The first-order valence-electron chi connectivity index (χ1n) is 10.4. The first-order chi connectivity index (χ1) is 14.1. The summed E-state index contributed by atoms with van der Waals surface area (Å²) >= 11 is 0. The monoisotopic (exact) mass is 403 g/mol. The van der Waals surface area contributed by atoms with E-state index >= 15 is 0 Å². The summed E-state index contributed by atoms with van der Waals surface area (Å²) in [5.74, 6) is 1.02. The Balaban J connectivity index is 1.33. The number of benzene rings is 1. The Morgan fingerprint density at radius 2 is 1.90 bits per heavy atom. The van der Waals surface area contributed by atoms with Crippen molar-refractivity contribution in [1.29, 1.82) is 0 Å². The van der Waals surface area contributed by atoms with Gasteiger partial charge in [-0.05, 0) is 49.9 Å². The molecule has 1 fully saturated rings. The van der Waals surface area contributed by atoms with Crippen molar-refractivity contribution in [1.82, 2.24) is 25.0 Å². The molecule has 2 aliphatic rings. The predicted molar refractivity (Wildman–Crippen MR) is 104 cm³/mol. The molecule has 0 bridgehead atoms. The van der Waals surface area contributed by atoms with Crippen LogP contribution in [0.4, 0.5) is 8.78 Å². The lowest BCUT2D eigenvalue weighted by molar-refractivity contribution is -0.122. The zero-order valence-corrected chi connectivity index (χ0v) is 16.5. The molecule has 2 aromatic rings. The van der Waals surface area contributed by atoms with Crippen LogP contribution in [0.5, 0.6) is 0 Å². The lowest BCUT2D eigenvalue weighted by atomic mass is 9.97. The van der Waals surface area contributed by atoms with Gasteiger partial charge in [-0.3, -0.25) is 9.69 Å². The fourth-order valence-electron chi connectivity index (χ4n) is 4.39. The molecule has 4 rings (SSSR count). The van der Waals surface area contributed by atoms with Crippen LogP contribution in [0.1, 0.15) is 55.2 Å². The van der Waals surface area contributed by atoms with Gasteiger partial charge >= 0.3 is 0 Å². The number of carbonyl (C=O) groups is 1. The molecule has 1 saturated heterocycles. The van der Waals surface area contributed by atoms with Crippen LogP contribution in [0.15, 0.2) is 18.2 Å². The van der Waals surface area contributed by atoms with Crippen molar-refractivity contribution in [3.8, 4) is 0 Å². The van der Waals surface area contributed by atoms with Crippen LogP contribution < -0.4 is 5.32 Å². The molecule has 0 saturated carbocycles. The van der Waals surface area contributed by atoms with Crippen LogP contribution >= 0.6 is 0 Å². The van der Waals surface area contributed by atoms with Gasteiger partial charge < -0.3 is 9.88 Å². The third kappa shape index (κ3) is 4.98. The highest BCUT2D eigenvalue weighted by molar-refractivity contribution is 5.78. The zero-order valence-electron chi connectivity index (χ0n) is 16.5. The SMILES string of the molecule is O=C(CN1CCCC(c2nnc3n2CCCCC3)C1)NCc1cc(F)cc(F)c1. The second-order valence-electron chi connectivity index (χ2n) is 8.07. The van der Waals surface area contributed by atoms with Crippen molar-refractivity contribution in [2.24, 2.45) is 0 Å². The molecule has 0 aliphatic carbocycles. The summed E-state index contributed by atoms with van der Waals surface area (Å²) in [6.07, 6.45) is 6.62. The number of carbonyl (C=O) groups excluding carboxylic acids is 1. The summed E-state index contributed by atoms with van der Waals surface area (Å²) in [6.45, 7) is 3.01. The Morgan fingerprint density at radius 3 is 2.72 bits per heavy atom. The van der Waals surface area contributed by atoms with Gasteiger partial charge in [0.2, 0.25) is 5.91 Å². The first-order valence-corrected chi connectivity index (χ1v) is 10.4. The molecule has 0 radical (unpaired) electrons. The molecular formula is C21H27F2N5O. The van der Waals surface area contributed by atoms with Gasteiger partial charge in [-0.1, -0.05) is 6.42 Å². The maximum absolute atomic E-state index is 13.3. The van der Waals surface area contributed by atoms with E-state index in [0.29, 0.717) is 5.56 Å². The van der Waals surface area contributed by atoms with Gasteiger partial charge in [0.25, 0.3) is 0 Å². The molecule has 1 aromatic heterocycles. The molecule has 1 amide bonds. The molecule has 1 N–H and O–H groups in total. The van der Waals surface area contributed by atoms with Gasteiger partial charge in [-0.2, -0.15) is 0 Å².